The normalized spacial score (nSPS) is 9.50. The van der Waals surface area contributed by atoms with Crippen LogP contribution in [-0.4, -0.2) is 32.5 Å². The number of aryl methyl sites for hydroxylation is 1. The van der Waals surface area contributed by atoms with E-state index >= 15 is 0 Å². The molecule has 116 valence electrons. The van der Waals surface area contributed by atoms with Crippen molar-refractivity contribution in [3.05, 3.63) is 51.8 Å². The quantitative estimate of drug-likeness (QED) is 0.582. The largest absolute Gasteiger partial charge is 0.473 e. The number of carboxylic acid groups (broad SMARTS) is 2. The van der Waals surface area contributed by atoms with Crippen LogP contribution in [0.25, 0.3) is 0 Å². The molecule has 0 aliphatic carbocycles. The van der Waals surface area contributed by atoms with E-state index in [9.17, 15) is 4.79 Å². The van der Waals surface area contributed by atoms with Crippen molar-refractivity contribution in [2.75, 3.05) is 0 Å². The van der Waals surface area contributed by atoms with Gasteiger partial charge in [-0.3, -0.25) is 10.2 Å². The second-order valence-electron chi connectivity index (χ2n) is 4.24. The Morgan fingerprint density at radius 2 is 1.68 bits per heavy atom. The Labute approximate surface area is 129 Å². The Kier molecular flexibility index (Phi) is 6.21. The highest BCUT2D eigenvalue weighted by Gasteiger charge is 2.06. The maximum Gasteiger partial charge on any atom is 0.414 e. The fourth-order valence-electron chi connectivity index (χ4n) is 1.41. The molecule has 0 atom stereocenters. The molecule has 0 bridgehead atoms. The number of benzene rings is 1. The Hall–Kier alpha value is -2.74. The molecule has 0 unspecified atom stereocenters. The fraction of sp³-hybridized carbons (Fsp3) is 0.143. The number of thiazole rings is 1. The molecule has 22 heavy (non-hydrogen) atoms. The van der Waals surface area contributed by atoms with Crippen LogP contribution in [0.3, 0.4) is 0 Å². The van der Waals surface area contributed by atoms with Crippen LogP contribution in [0.2, 0.25) is 0 Å². The van der Waals surface area contributed by atoms with Crippen molar-refractivity contribution < 1.29 is 24.6 Å². The highest BCUT2D eigenvalue weighted by molar-refractivity contribution is 7.06. The molecule has 0 amide bonds. The van der Waals surface area contributed by atoms with Gasteiger partial charge >= 0.3 is 11.9 Å². The van der Waals surface area contributed by atoms with E-state index in [2.05, 4.69) is 0 Å². The lowest BCUT2D eigenvalue weighted by Crippen LogP contribution is -2.18. The number of carbonyl (C=O) groups is 3. The number of hydrogen-bond donors (Lipinski definition) is 3. The summed E-state index contributed by atoms with van der Waals surface area (Å²) in [7, 11) is 0. The summed E-state index contributed by atoms with van der Waals surface area (Å²) in [6.07, 6.45) is 1.76. The molecule has 8 heteroatoms. The standard InChI is InChI=1S/C12H12N2OS.C2H2O4/c1-9-2-4-10(5-3-9)11(15)8-14-6-7-16-12(14)13;3-1(4)2(5)6/h2-7,13H,8H2,1H3;(H,3,4)(H,5,6). The molecule has 1 aromatic carbocycles. The number of aromatic nitrogens is 1. The van der Waals surface area contributed by atoms with Crippen LogP contribution in [0.5, 0.6) is 0 Å². The van der Waals surface area contributed by atoms with Gasteiger partial charge < -0.3 is 14.8 Å². The summed E-state index contributed by atoms with van der Waals surface area (Å²) >= 11 is 1.32. The number of Topliss-reactive ketones (excluding diaryl/α,β-unsaturated/α-hetero) is 1. The van der Waals surface area contributed by atoms with E-state index in [1.807, 2.05) is 36.6 Å². The van der Waals surface area contributed by atoms with Crippen LogP contribution in [-0.2, 0) is 16.1 Å². The third-order valence-corrected chi connectivity index (χ3v) is 3.27. The van der Waals surface area contributed by atoms with Gasteiger partial charge in [0, 0.05) is 17.1 Å². The Balaban J connectivity index is 0.000000346. The number of ketones is 1. The molecule has 1 aromatic heterocycles. The van der Waals surface area contributed by atoms with Crippen molar-refractivity contribution in [3.63, 3.8) is 0 Å². The van der Waals surface area contributed by atoms with Crippen molar-refractivity contribution in [2.24, 2.45) is 0 Å². The number of aliphatic carboxylic acids is 2. The predicted molar refractivity (Wildman–Crippen MR) is 78.9 cm³/mol. The number of nitrogens with zero attached hydrogens (tertiary/aromatic N) is 1. The van der Waals surface area contributed by atoms with Crippen molar-refractivity contribution in [3.8, 4) is 0 Å². The van der Waals surface area contributed by atoms with Gasteiger partial charge in [-0.1, -0.05) is 29.8 Å². The van der Waals surface area contributed by atoms with E-state index in [4.69, 9.17) is 25.2 Å². The van der Waals surface area contributed by atoms with Crippen molar-refractivity contribution in [2.45, 2.75) is 13.5 Å². The van der Waals surface area contributed by atoms with Gasteiger partial charge in [-0.05, 0) is 6.92 Å². The Morgan fingerprint density at radius 3 is 2.09 bits per heavy atom. The SMILES string of the molecule is Cc1ccc(C(=O)Cn2ccsc2=N)cc1.O=C(O)C(=O)O. The molecule has 0 spiro atoms. The molecule has 0 radical (unpaired) electrons. The third kappa shape index (κ3) is 5.33. The number of carboxylic acids is 2. The van der Waals surface area contributed by atoms with Crippen LogP contribution in [0.15, 0.2) is 35.8 Å². The second kappa shape index (κ2) is 7.89. The minimum Gasteiger partial charge on any atom is -0.473 e. The lowest BCUT2D eigenvalue weighted by Gasteiger charge is -2.02. The third-order valence-electron chi connectivity index (χ3n) is 2.55. The molecule has 2 aromatic rings. The maximum atomic E-state index is 11.9. The molecule has 1 heterocycles. The first-order valence-electron chi connectivity index (χ1n) is 6.06. The molecule has 0 saturated carbocycles. The summed E-state index contributed by atoms with van der Waals surface area (Å²) in [5.41, 5.74) is 1.84. The van der Waals surface area contributed by atoms with Crippen molar-refractivity contribution >= 4 is 29.1 Å². The predicted octanol–water partition coefficient (Wildman–Crippen LogP) is 1.38. The van der Waals surface area contributed by atoms with Crippen LogP contribution in [0, 0.1) is 12.3 Å². The average Bonchev–Trinajstić information content (AvgIpc) is 2.85. The van der Waals surface area contributed by atoms with Crippen LogP contribution >= 0.6 is 11.3 Å². The van der Waals surface area contributed by atoms with E-state index in [-0.39, 0.29) is 12.3 Å². The van der Waals surface area contributed by atoms with Crippen molar-refractivity contribution in [1.82, 2.24) is 4.57 Å². The van der Waals surface area contributed by atoms with Gasteiger partial charge in [0.2, 0.25) is 0 Å². The zero-order valence-electron chi connectivity index (χ0n) is 11.6. The summed E-state index contributed by atoms with van der Waals surface area (Å²) in [6.45, 7) is 2.23. The monoisotopic (exact) mass is 322 g/mol. The van der Waals surface area contributed by atoms with E-state index < -0.39 is 11.9 Å². The van der Waals surface area contributed by atoms with E-state index in [1.165, 1.54) is 11.3 Å². The number of carbonyl (C=O) groups excluding carboxylic acids is 1. The zero-order chi connectivity index (χ0) is 16.7. The highest BCUT2D eigenvalue weighted by Crippen LogP contribution is 2.05. The van der Waals surface area contributed by atoms with E-state index in [0.29, 0.717) is 10.4 Å². The van der Waals surface area contributed by atoms with E-state index in [0.717, 1.165) is 5.56 Å². The zero-order valence-corrected chi connectivity index (χ0v) is 12.5. The highest BCUT2D eigenvalue weighted by atomic mass is 32.1. The van der Waals surface area contributed by atoms with Gasteiger partial charge in [-0.15, -0.1) is 11.3 Å². The minimum atomic E-state index is -1.82. The lowest BCUT2D eigenvalue weighted by molar-refractivity contribution is -0.159. The molecule has 2 rings (SSSR count). The van der Waals surface area contributed by atoms with Gasteiger partial charge in [-0.2, -0.15) is 0 Å². The van der Waals surface area contributed by atoms with Gasteiger partial charge in [0.1, 0.15) is 0 Å². The fourth-order valence-corrected chi connectivity index (χ4v) is 2.01. The molecular weight excluding hydrogens is 308 g/mol. The van der Waals surface area contributed by atoms with Crippen LogP contribution in [0.1, 0.15) is 15.9 Å². The van der Waals surface area contributed by atoms with Gasteiger partial charge in [0.25, 0.3) is 0 Å². The van der Waals surface area contributed by atoms with Crippen molar-refractivity contribution in [1.29, 1.82) is 5.41 Å². The lowest BCUT2D eigenvalue weighted by atomic mass is 10.1. The summed E-state index contributed by atoms with van der Waals surface area (Å²) < 4.78 is 1.65. The Morgan fingerprint density at radius 1 is 1.14 bits per heavy atom. The molecule has 0 saturated heterocycles. The molecule has 0 aliphatic rings. The molecule has 0 fully saturated rings. The number of nitrogens with one attached hydrogen (secondary N) is 1. The second-order valence-corrected chi connectivity index (χ2v) is 5.13. The molecular formula is C14H14N2O5S. The maximum absolute atomic E-state index is 11.9. The smallest absolute Gasteiger partial charge is 0.414 e. The Bertz CT molecular complexity index is 718. The van der Waals surface area contributed by atoms with Crippen LogP contribution in [0.4, 0.5) is 0 Å². The topological polar surface area (TPSA) is 120 Å². The molecule has 7 nitrogen and oxygen atoms in total. The minimum absolute atomic E-state index is 0.0388. The first-order valence-corrected chi connectivity index (χ1v) is 6.94. The molecule has 3 N–H and O–H groups in total. The molecule has 0 aliphatic heterocycles. The summed E-state index contributed by atoms with van der Waals surface area (Å²) in [5.74, 6) is -3.61. The van der Waals surface area contributed by atoms with Gasteiger partial charge in [-0.25, -0.2) is 9.59 Å². The van der Waals surface area contributed by atoms with Gasteiger partial charge in [0.15, 0.2) is 10.6 Å². The summed E-state index contributed by atoms with van der Waals surface area (Å²) in [6, 6.07) is 7.50. The van der Waals surface area contributed by atoms with Crippen LogP contribution < -0.4 is 4.80 Å². The number of rotatable bonds is 3. The summed E-state index contributed by atoms with van der Waals surface area (Å²) in [4.78, 5) is 30.5. The average molecular weight is 322 g/mol. The number of hydrogen-bond acceptors (Lipinski definition) is 5. The van der Waals surface area contributed by atoms with Gasteiger partial charge in [0.05, 0.1) is 6.54 Å². The first-order chi connectivity index (χ1) is 10.3. The summed E-state index contributed by atoms with van der Waals surface area (Å²) in [5, 5.41) is 24.2. The van der Waals surface area contributed by atoms with E-state index in [1.54, 1.807) is 10.8 Å². The first kappa shape index (κ1) is 17.3.